The van der Waals surface area contributed by atoms with Crippen molar-refractivity contribution < 1.29 is 13.2 Å². The van der Waals surface area contributed by atoms with Crippen LogP contribution in [0.4, 0.5) is 5.69 Å². The molecule has 2 aromatic rings. The lowest BCUT2D eigenvalue weighted by Crippen LogP contribution is -2.52. The van der Waals surface area contributed by atoms with Gasteiger partial charge in [0, 0.05) is 11.2 Å². The van der Waals surface area contributed by atoms with E-state index in [1.165, 1.54) is 0 Å². The zero-order valence-corrected chi connectivity index (χ0v) is 24.3. The van der Waals surface area contributed by atoms with Gasteiger partial charge in [-0.2, -0.15) is 8.42 Å². The first-order valence-electron chi connectivity index (χ1n) is 12.3. The van der Waals surface area contributed by atoms with Crippen LogP contribution >= 0.6 is 0 Å². The van der Waals surface area contributed by atoms with E-state index in [1.807, 2.05) is 37.3 Å². The number of allylic oxidation sites excluding steroid dienone is 1. The fourth-order valence-electron chi connectivity index (χ4n) is 5.81. The number of hydrogen-bond acceptors (Lipinski definition) is 3. The lowest BCUT2D eigenvalue weighted by atomic mass is 10.2. The Balaban J connectivity index is 2.78. The summed E-state index contributed by atoms with van der Waals surface area (Å²) in [4.78, 5) is 0.195. The van der Waals surface area contributed by atoms with Crippen LogP contribution in [0.2, 0.25) is 22.2 Å². The van der Waals surface area contributed by atoms with Crippen LogP contribution in [0.1, 0.15) is 53.5 Å². The van der Waals surface area contributed by atoms with E-state index in [0.717, 1.165) is 17.0 Å². The van der Waals surface area contributed by atoms with Gasteiger partial charge in [-0.3, -0.25) is 0 Å². The summed E-state index contributed by atoms with van der Waals surface area (Å²) in [5.74, 6) is 1.23. The Bertz CT molecular complexity index is 1080. The van der Waals surface area contributed by atoms with Gasteiger partial charge in [0.2, 0.25) is 0 Å². The predicted molar refractivity (Wildman–Crippen MR) is 152 cm³/mol. The molecule has 0 fully saturated rings. The predicted octanol–water partition coefficient (Wildman–Crippen LogP) is 7.83. The molecule has 7 heteroatoms. The maximum absolute atomic E-state index is 13.5. The second-order valence-electron chi connectivity index (χ2n) is 10.2. The van der Waals surface area contributed by atoms with E-state index in [-0.39, 0.29) is 10.4 Å². The highest BCUT2D eigenvalue weighted by Gasteiger charge is 2.50. The largest absolute Gasteiger partial charge is 0.497 e. The maximum atomic E-state index is 13.5. The van der Waals surface area contributed by atoms with Crippen molar-refractivity contribution in [1.82, 2.24) is 0 Å². The van der Waals surface area contributed by atoms with Gasteiger partial charge in [-0.25, -0.2) is 0 Å². The normalized spacial score (nSPS) is 13.9. The number of aryl methyl sites for hydroxylation is 1. The molecule has 0 aliphatic heterocycles. The van der Waals surface area contributed by atoms with Gasteiger partial charge in [0.15, 0.2) is 0 Å². The number of amidine groups is 1. The first kappa shape index (κ1) is 28.9. The molecule has 0 bridgehead atoms. The molecule has 1 N–H and O–H groups in total. The van der Waals surface area contributed by atoms with E-state index in [0.29, 0.717) is 28.9 Å². The summed E-state index contributed by atoms with van der Waals surface area (Å²) in [5, 5.41) is 3.42. The van der Waals surface area contributed by atoms with E-state index >= 15 is 0 Å². The van der Waals surface area contributed by atoms with Crippen LogP contribution < -0.4 is 10.1 Å². The van der Waals surface area contributed by atoms with E-state index in [4.69, 9.17) is 4.74 Å². The third-order valence-electron chi connectivity index (χ3n) is 7.24. The lowest BCUT2D eigenvalue weighted by Gasteiger charge is -2.49. The summed E-state index contributed by atoms with van der Waals surface area (Å²) in [7, 11) is -4.47. The third kappa shape index (κ3) is 6.44. The summed E-state index contributed by atoms with van der Waals surface area (Å²) in [6, 6.07) is 14.3. The molecule has 0 aromatic heterocycles. The first-order chi connectivity index (χ1) is 16.4. The smallest absolute Gasteiger partial charge is 0.283 e. The van der Waals surface area contributed by atoms with Crippen LogP contribution in [-0.2, 0) is 10.0 Å². The van der Waals surface area contributed by atoms with Crippen molar-refractivity contribution in [3.05, 3.63) is 66.7 Å². The number of methoxy groups -OCH3 is 1. The van der Waals surface area contributed by atoms with Crippen LogP contribution in [-0.4, -0.2) is 29.4 Å². The van der Waals surface area contributed by atoms with Gasteiger partial charge in [0.25, 0.3) is 10.0 Å². The number of benzene rings is 2. The Kier molecular flexibility index (Phi) is 9.92. The minimum Gasteiger partial charge on any atom is -0.497 e. The molecule has 0 spiro atoms. The molecule has 35 heavy (non-hydrogen) atoms. The minimum absolute atomic E-state index is 0.0534. The number of hydrogen-bond donors (Lipinski definition) is 1. The molecule has 0 saturated carbocycles. The Morgan fingerprint density at radius 2 is 1.49 bits per heavy atom. The van der Waals surface area contributed by atoms with Crippen molar-refractivity contribution in [1.29, 1.82) is 0 Å². The summed E-state index contributed by atoms with van der Waals surface area (Å²) >= 11 is 0. The van der Waals surface area contributed by atoms with E-state index < -0.39 is 18.1 Å². The molecular formula is C28H42N2O3SSi. The van der Waals surface area contributed by atoms with E-state index in [9.17, 15) is 8.42 Å². The van der Waals surface area contributed by atoms with Gasteiger partial charge in [-0.15, -0.1) is 11.0 Å². The molecule has 0 heterocycles. The van der Waals surface area contributed by atoms with Crippen LogP contribution in [0.15, 0.2) is 70.5 Å². The van der Waals surface area contributed by atoms with Crippen LogP contribution in [0.5, 0.6) is 5.75 Å². The Morgan fingerprint density at radius 3 is 1.91 bits per heavy atom. The Morgan fingerprint density at radius 1 is 0.971 bits per heavy atom. The highest BCUT2D eigenvalue weighted by Crippen LogP contribution is 2.51. The molecule has 1 unspecified atom stereocenters. The molecule has 5 nitrogen and oxygen atoms in total. The third-order valence-corrected chi connectivity index (χ3v) is 16.3. The van der Waals surface area contributed by atoms with Gasteiger partial charge >= 0.3 is 0 Å². The summed E-state index contributed by atoms with van der Waals surface area (Å²) in [5.41, 5.74) is 2.96. The Hall–Kier alpha value is -2.38. The minimum atomic E-state index is -3.92. The zero-order chi connectivity index (χ0) is 26.4. The van der Waals surface area contributed by atoms with Crippen molar-refractivity contribution in [2.45, 2.75) is 81.9 Å². The van der Waals surface area contributed by atoms with Gasteiger partial charge in [-0.05, 0) is 66.4 Å². The molecule has 2 rings (SSSR count). The average Bonchev–Trinajstić information content (AvgIpc) is 2.78. The van der Waals surface area contributed by atoms with Gasteiger partial charge in [0.05, 0.1) is 20.1 Å². The number of nitrogens with one attached hydrogen (secondary N) is 1. The summed E-state index contributed by atoms with van der Waals surface area (Å²) in [6.45, 7) is 19.7. The number of anilines is 1. The van der Waals surface area contributed by atoms with Crippen LogP contribution in [0, 0.1) is 6.92 Å². The topological polar surface area (TPSA) is 67.8 Å². The van der Waals surface area contributed by atoms with Gasteiger partial charge in [0.1, 0.15) is 11.6 Å². The molecule has 0 amide bonds. The second kappa shape index (κ2) is 12.0. The maximum Gasteiger partial charge on any atom is 0.283 e. The van der Waals surface area contributed by atoms with Crippen LogP contribution in [0.3, 0.4) is 0 Å². The number of ether oxygens (including phenoxy) is 1. The highest BCUT2D eigenvalue weighted by atomic mass is 32.2. The lowest BCUT2D eigenvalue weighted by molar-refractivity contribution is 0.415. The molecule has 1 atom stereocenters. The number of nitrogens with zero attached hydrogens (tertiary/aromatic N) is 1. The van der Waals surface area contributed by atoms with Crippen molar-refractivity contribution in [3.63, 3.8) is 0 Å². The van der Waals surface area contributed by atoms with Crippen molar-refractivity contribution in [2.75, 3.05) is 12.4 Å². The zero-order valence-electron chi connectivity index (χ0n) is 22.5. The summed E-state index contributed by atoms with van der Waals surface area (Å²) in [6.07, 6.45) is 2.56. The monoisotopic (exact) mass is 514 g/mol. The van der Waals surface area contributed by atoms with E-state index in [1.54, 1.807) is 31.4 Å². The molecule has 192 valence electrons. The molecule has 0 radical (unpaired) electrons. The number of sulfonamides is 1. The number of rotatable bonds is 11. The van der Waals surface area contributed by atoms with E-state index in [2.05, 4.69) is 57.8 Å². The average molecular weight is 515 g/mol. The molecular weight excluding hydrogens is 472 g/mol. The first-order valence-corrected chi connectivity index (χ1v) is 16.1. The van der Waals surface area contributed by atoms with Crippen molar-refractivity contribution in [3.8, 4) is 5.75 Å². The van der Waals surface area contributed by atoms with Crippen molar-refractivity contribution in [2.24, 2.45) is 4.40 Å². The standard InChI is InChI=1S/C28H42N2O3SSi/c1-10-11-27(35(20(2)3,21(4)5)22(6)7)28(29-24-14-16-25(33-9)17-15-24)30-34(31,32)26-18-12-23(8)13-19-26/h10,12-22,27H,1,11H2,2-9H3,(H,29,30). The quantitative estimate of drug-likeness (QED) is 0.144. The van der Waals surface area contributed by atoms with Gasteiger partial charge < -0.3 is 10.1 Å². The SMILES string of the molecule is C=CCC(/C(=N/S(=O)(=O)c1ccc(C)cc1)Nc1ccc(OC)cc1)[Si](C(C)C)(C(C)C)C(C)C. The second-order valence-corrected chi connectivity index (χ2v) is 17.9. The molecule has 0 aliphatic rings. The van der Waals surface area contributed by atoms with Gasteiger partial charge in [-0.1, -0.05) is 65.3 Å². The molecule has 0 aliphatic carbocycles. The fourth-order valence-corrected chi connectivity index (χ4v) is 14.5. The summed E-state index contributed by atoms with van der Waals surface area (Å²) < 4.78 is 36.9. The molecule has 0 saturated heterocycles. The van der Waals surface area contributed by atoms with Crippen molar-refractivity contribution >= 4 is 29.6 Å². The highest BCUT2D eigenvalue weighted by molar-refractivity contribution is 7.90. The van der Waals surface area contributed by atoms with Crippen LogP contribution in [0.25, 0.3) is 0 Å². The fraction of sp³-hybridized carbons (Fsp3) is 0.464. The molecule has 2 aromatic carbocycles. The Labute approximate surface area is 213 Å².